The van der Waals surface area contributed by atoms with Gasteiger partial charge in [-0.05, 0) is 55.3 Å². The molecule has 132 valence electrons. The van der Waals surface area contributed by atoms with Gasteiger partial charge in [0.05, 0.1) is 6.54 Å². The quantitative estimate of drug-likeness (QED) is 0.743. The third-order valence-corrected chi connectivity index (χ3v) is 4.41. The zero-order valence-corrected chi connectivity index (χ0v) is 15.4. The van der Waals surface area contributed by atoms with Gasteiger partial charge in [-0.1, -0.05) is 41.4 Å². The van der Waals surface area contributed by atoms with E-state index >= 15 is 0 Å². The van der Waals surface area contributed by atoms with Gasteiger partial charge in [0, 0.05) is 16.9 Å². The molecule has 3 aromatic rings. The second kappa shape index (κ2) is 7.58. The van der Waals surface area contributed by atoms with Crippen LogP contribution in [-0.4, -0.2) is 10.5 Å². The number of benzene rings is 2. The summed E-state index contributed by atoms with van der Waals surface area (Å²) in [6.07, 6.45) is 1.67. The number of anilines is 1. The summed E-state index contributed by atoms with van der Waals surface area (Å²) >= 11 is 5.89. The van der Waals surface area contributed by atoms with Crippen molar-refractivity contribution in [1.29, 1.82) is 0 Å². The van der Waals surface area contributed by atoms with E-state index in [9.17, 15) is 9.59 Å². The van der Waals surface area contributed by atoms with Gasteiger partial charge in [0.25, 0.3) is 11.5 Å². The molecular formula is C21H19ClN2O2. The molecule has 0 fully saturated rings. The molecule has 0 radical (unpaired) electrons. The highest BCUT2D eigenvalue weighted by Crippen LogP contribution is 2.16. The van der Waals surface area contributed by atoms with E-state index in [0.29, 0.717) is 17.3 Å². The molecule has 0 aliphatic heterocycles. The molecule has 0 saturated carbocycles. The molecule has 3 rings (SSSR count). The Morgan fingerprint density at radius 2 is 1.81 bits per heavy atom. The Labute approximate surface area is 157 Å². The summed E-state index contributed by atoms with van der Waals surface area (Å²) in [4.78, 5) is 25.3. The maximum absolute atomic E-state index is 12.7. The number of carbonyl (C=O) groups is 1. The Balaban J connectivity index is 1.85. The van der Waals surface area contributed by atoms with Gasteiger partial charge in [-0.25, -0.2) is 0 Å². The van der Waals surface area contributed by atoms with Crippen molar-refractivity contribution in [1.82, 2.24) is 4.57 Å². The van der Waals surface area contributed by atoms with Crippen molar-refractivity contribution in [2.45, 2.75) is 20.4 Å². The molecule has 4 nitrogen and oxygen atoms in total. The summed E-state index contributed by atoms with van der Waals surface area (Å²) < 4.78 is 1.51. The predicted octanol–water partition coefficient (Wildman–Crippen LogP) is 4.42. The van der Waals surface area contributed by atoms with Crippen LogP contribution >= 0.6 is 11.6 Å². The van der Waals surface area contributed by atoms with Gasteiger partial charge < -0.3 is 9.88 Å². The number of aryl methyl sites for hydroxylation is 2. The van der Waals surface area contributed by atoms with Crippen molar-refractivity contribution in [3.05, 3.63) is 98.4 Å². The van der Waals surface area contributed by atoms with Gasteiger partial charge in [-0.15, -0.1) is 0 Å². The Morgan fingerprint density at radius 1 is 1.08 bits per heavy atom. The molecule has 1 aromatic heterocycles. The normalized spacial score (nSPS) is 10.6. The number of pyridine rings is 1. The minimum absolute atomic E-state index is 0.112. The van der Waals surface area contributed by atoms with E-state index in [2.05, 4.69) is 5.32 Å². The van der Waals surface area contributed by atoms with Crippen molar-refractivity contribution in [2.75, 3.05) is 5.32 Å². The summed E-state index contributed by atoms with van der Waals surface area (Å²) in [5.41, 5.74) is 3.49. The lowest BCUT2D eigenvalue weighted by Gasteiger charge is -2.11. The van der Waals surface area contributed by atoms with E-state index in [0.717, 1.165) is 16.7 Å². The van der Waals surface area contributed by atoms with Gasteiger partial charge in [0.2, 0.25) is 0 Å². The fraction of sp³-hybridized carbons (Fsp3) is 0.143. The molecule has 0 aliphatic rings. The highest BCUT2D eigenvalue weighted by molar-refractivity contribution is 6.30. The second-order valence-corrected chi connectivity index (χ2v) is 6.69. The highest BCUT2D eigenvalue weighted by Gasteiger charge is 2.13. The van der Waals surface area contributed by atoms with Crippen LogP contribution in [0.3, 0.4) is 0 Å². The monoisotopic (exact) mass is 366 g/mol. The Kier molecular flexibility index (Phi) is 5.24. The number of nitrogens with zero attached hydrogens (tertiary/aromatic N) is 1. The van der Waals surface area contributed by atoms with Crippen LogP contribution in [-0.2, 0) is 6.54 Å². The van der Waals surface area contributed by atoms with Gasteiger partial charge in [-0.3, -0.25) is 9.59 Å². The van der Waals surface area contributed by atoms with Gasteiger partial charge >= 0.3 is 0 Å². The smallest absolute Gasteiger partial charge is 0.263 e. The first kappa shape index (κ1) is 18.0. The molecule has 5 heteroatoms. The first-order valence-electron chi connectivity index (χ1n) is 8.26. The molecule has 0 aliphatic carbocycles. The number of hydrogen-bond acceptors (Lipinski definition) is 2. The Bertz CT molecular complexity index is 1010. The Morgan fingerprint density at radius 3 is 2.50 bits per heavy atom. The summed E-state index contributed by atoms with van der Waals surface area (Å²) in [5.74, 6) is -0.410. The van der Waals surface area contributed by atoms with E-state index in [1.807, 2.05) is 44.2 Å². The van der Waals surface area contributed by atoms with Crippen molar-refractivity contribution >= 4 is 23.2 Å². The zero-order chi connectivity index (χ0) is 18.7. The number of rotatable bonds is 4. The van der Waals surface area contributed by atoms with Crippen molar-refractivity contribution < 1.29 is 4.79 Å². The van der Waals surface area contributed by atoms with Crippen LogP contribution in [0.1, 0.15) is 27.0 Å². The topological polar surface area (TPSA) is 51.1 Å². The van der Waals surface area contributed by atoms with E-state index in [-0.39, 0.29) is 11.1 Å². The van der Waals surface area contributed by atoms with Crippen LogP contribution < -0.4 is 10.9 Å². The maximum atomic E-state index is 12.7. The maximum Gasteiger partial charge on any atom is 0.263 e. The molecule has 0 bridgehead atoms. The largest absolute Gasteiger partial charge is 0.322 e. The molecular weight excluding hydrogens is 348 g/mol. The third kappa shape index (κ3) is 4.03. The lowest BCUT2D eigenvalue weighted by molar-refractivity contribution is 0.102. The van der Waals surface area contributed by atoms with Crippen molar-refractivity contribution in [3.8, 4) is 0 Å². The number of hydrogen-bond donors (Lipinski definition) is 1. The number of halogens is 1. The molecule has 1 N–H and O–H groups in total. The summed E-state index contributed by atoms with van der Waals surface area (Å²) in [7, 11) is 0. The molecule has 1 amide bonds. The van der Waals surface area contributed by atoms with E-state index in [1.54, 1.807) is 30.5 Å². The molecule has 0 spiro atoms. The second-order valence-electron chi connectivity index (χ2n) is 6.25. The van der Waals surface area contributed by atoms with Crippen LogP contribution in [0, 0.1) is 13.8 Å². The van der Waals surface area contributed by atoms with Crippen LogP contribution in [0.5, 0.6) is 0 Å². The van der Waals surface area contributed by atoms with Crippen LogP contribution in [0.2, 0.25) is 5.02 Å². The predicted molar refractivity (Wildman–Crippen MR) is 105 cm³/mol. The summed E-state index contributed by atoms with van der Waals surface area (Å²) in [5, 5.41) is 3.46. The van der Waals surface area contributed by atoms with Crippen LogP contribution in [0.25, 0.3) is 0 Å². The van der Waals surface area contributed by atoms with Gasteiger partial charge in [0.1, 0.15) is 5.56 Å². The average Bonchev–Trinajstić information content (AvgIpc) is 2.61. The minimum Gasteiger partial charge on any atom is -0.322 e. The number of amides is 1. The molecule has 1 heterocycles. The number of nitrogens with one attached hydrogen (secondary N) is 1. The molecule has 2 aromatic carbocycles. The third-order valence-electron chi connectivity index (χ3n) is 4.16. The number of aromatic nitrogens is 1. The lowest BCUT2D eigenvalue weighted by Crippen LogP contribution is -2.29. The average molecular weight is 367 g/mol. The fourth-order valence-corrected chi connectivity index (χ4v) is 2.89. The van der Waals surface area contributed by atoms with Gasteiger partial charge in [-0.2, -0.15) is 0 Å². The van der Waals surface area contributed by atoms with E-state index in [1.165, 1.54) is 4.57 Å². The molecule has 0 unspecified atom stereocenters. The molecule has 0 saturated heterocycles. The molecule has 0 atom stereocenters. The van der Waals surface area contributed by atoms with E-state index in [4.69, 9.17) is 11.6 Å². The Hall–Kier alpha value is -2.85. The highest BCUT2D eigenvalue weighted by atomic mass is 35.5. The standard InChI is InChI=1S/C21H19ClN2O2/c1-14-5-10-19(15(2)12-14)23-20(25)18-4-3-11-24(21(18)26)13-16-6-8-17(22)9-7-16/h3-12H,13H2,1-2H3,(H,23,25). The van der Waals surface area contributed by atoms with Crippen LogP contribution in [0.4, 0.5) is 5.69 Å². The van der Waals surface area contributed by atoms with Crippen molar-refractivity contribution in [3.63, 3.8) is 0 Å². The first-order chi connectivity index (χ1) is 12.4. The summed E-state index contributed by atoms with van der Waals surface area (Å²) in [6.45, 7) is 4.29. The van der Waals surface area contributed by atoms with E-state index < -0.39 is 5.91 Å². The molecule has 26 heavy (non-hydrogen) atoms. The lowest BCUT2D eigenvalue weighted by atomic mass is 10.1. The zero-order valence-electron chi connectivity index (χ0n) is 14.6. The van der Waals surface area contributed by atoms with Gasteiger partial charge in [0.15, 0.2) is 0 Å². The van der Waals surface area contributed by atoms with Crippen molar-refractivity contribution in [2.24, 2.45) is 0 Å². The fourth-order valence-electron chi connectivity index (χ4n) is 2.76. The first-order valence-corrected chi connectivity index (χ1v) is 8.64. The summed E-state index contributed by atoms with van der Waals surface area (Å²) in [6, 6.07) is 16.3. The SMILES string of the molecule is Cc1ccc(NC(=O)c2cccn(Cc3ccc(Cl)cc3)c2=O)c(C)c1. The van der Waals surface area contributed by atoms with Crippen LogP contribution in [0.15, 0.2) is 65.6 Å². The number of carbonyl (C=O) groups excluding carboxylic acids is 1. The minimum atomic E-state index is -0.410.